The molecule has 1 fully saturated rings. The second kappa shape index (κ2) is 9.49. The summed E-state index contributed by atoms with van der Waals surface area (Å²) in [6, 6.07) is 22.6. The lowest BCUT2D eigenvalue weighted by Gasteiger charge is -2.32. The van der Waals surface area contributed by atoms with Crippen molar-refractivity contribution in [1.29, 1.82) is 0 Å². The maximum absolute atomic E-state index is 12.9. The molecule has 1 N–H and O–H groups in total. The summed E-state index contributed by atoms with van der Waals surface area (Å²) in [6.07, 6.45) is 5.13. The number of ether oxygens (including phenoxy) is 1. The Morgan fingerprint density at radius 2 is 1.82 bits per heavy atom. The smallest absolute Gasteiger partial charge is 0.227 e. The molecule has 5 nitrogen and oxygen atoms in total. The van der Waals surface area contributed by atoms with Crippen molar-refractivity contribution in [3.63, 3.8) is 0 Å². The summed E-state index contributed by atoms with van der Waals surface area (Å²) in [5.41, 5.74) is 5.60. The number of methoxy groups -OCH3 is 1. The first kappa shape index (κ1) is 21.3. The number of amides is 1. The number of aromatic nitrogens is 2. The van der Waals surface area contributed by atoms with Gasteiger partial charge in [-0.3, -0.25) is 9.78 Å². The molecule has 5 heteroatoms. The molecule has 0 spiro atoms. The predicted molar refractivity (Wildman–Crippen MR) is 131 cm³/mol. The monoisotopic (exact) mass is 439 g/mol. The van der Waals surface area contributed by atoms with E-state index in [2.05, 4.69) is 41.4 Å². The number of pyridine rings is 1. The number of likely N-dealkylation sites (tertiary alicyclic amines) is 1. The Morgan fingerprint density at radius 1 is 1.03 bits per heavy atom. The zero-order valence-electron chi connectivity index (χ0n) is 19.0. The van der Waals surface area contributed by atoms with Crippen LogP contribution in [0.3, 0.4) is 0 Å². The van der Waals surface area contributed by atoms with Crippen LogP contribution in [-0.4, -0.2) is 41.0 Å². The number of hydrogen-bond donors (Lipinski definition) is 1. The number of carbonyl (C=O) groups excluding carboxylic acids is 1. The minimum atomic E-state index is 0.208. The quantitative estimate of drug-likeness (QED) is 0.454. The van der Waals surface area contributed by atoms with E-state index in [4.69, 9.17) is 9.72 Å². The number of H-pyrrole nitrogens is 1. The molecule has 0 atom stereocenters. The van der Waals surface area contributed by atoms with Gasteiger partial charge in [0.05, 0.1) is 13.5 Å². The van der Waals surface area contributed by atoms with E-state index in [9.17, 15) is 4.79 Å². The number of piperidine rings is 1. The van der Waals surface area contributed by atoms with E-state index >= 15 is 0 Å². The Hall–Kier alpha value is -3.60. The Balaban J connectivity index is 1.19. The number of rotatable bonds is 6. The molecule has 3 heterocycles. The molecule has 168 valence electrons. The van der Waals surface area contributed by atoms with Crippen molar-refractivity contribution < 1.29 is 9.53 Å². The van der Waals surface area contributed by atoms with Gasteiger partial charge in [0, 0.05) is 53.9 Å². The fourth-order valence-electron chi connectivity index (χ4n) is 4.75. The van der Waals surface area contributed by atoms with Crippen LogP contribution in [0.4, 0.5) is 0 Å². The van der Waals surface area contributed by atoms with Crippen LogP contribution in [-0.2, 0) is 17.6 Å². The lowest BCUT2D eigenvalue weighted by atomic mass is 9.92. The highest BCUT2D eigenvalue weighted by Gasteiger charge is 2.25. The molecule has 0 saturated carbocycles. The van der Waals surface area contributed by atoms with Gasteiger partial charge in [-0.05, 0) is 54.3 Å². The molecular weight excluding hydrogens is 410 g/mol. The summed E-state index contributed by atoms with van der Waals surface area (Å²) in [5, 5.41) is 1.14. The minimum Gasteiger partial charge on any atom is -0.497 e. The number of nitrogens with one attached hydrogen (secondary N) is 1. The van der Waals surface area contributed by atoms with E-state index in [1.807, 2.05) is 41.4 Å². The number of benzene rings is 2. The van der Waals surface area contributed by atoms with E-state index in [-0.39, 0.29) is 5.91 Å². The van der Waals surface area contributed by atoms with Gasteiger partial charge < -0.3 is 14.6 Å². The van der Waals surface area contributed by atoms with Gasteiger partial charge in [0.25, 0.3) is 0 Å². The first-order chi connectivity index (χ1) is 16.2. The summed E-state index contributed by atoms with van der Waals surface area (Å²) < 4.78 is 5.25. The molecule has 1 saturated heterocycles. The third-order valence-corrected chi connectivity index (χ3v) is 6.66. The molecule has 1 aliphatic heterocycles. The molecule has 4 aromatic rings. The van der Waals surface area contributed by atoms with Crippen molar-refractivity contribution in [2.45, 2.75) is 31.6 Å². The molecule has 0 unspecified atom stereocenters. The topological polar surface area (TPSA) is 58.2 Å². The Kier molecular flexibility index (Phi) is 6.11. The number of carbonyl (C=O) groups is 1. The van der Waals surface area contributed by atoms with E-state index in [1.165, 1.54) is 5.56 Å². The van der Waals surface area contributed by atoms with Crippen molar-refractivity contribution in [3.8, 4) is 5.75 Å². The summed E-state index contributed by atoms with van der Waals surface area (Å²) in [7, 11) is 1.68. The van der Waals surface area contributed by atoms with E-state index < -0.39 is 0 Å². The number of aromatic amines is 1. The lowest BCUT2D eigenvalue weighted by molar-refractivity contribution is -0.131. The van der Waals surface area contributed by atoms with E-state index in [1.54, 1.807) is 7.11 Å². The summed E-state index contributed by atoms with van der Waals surface area (Å²) >= 11 is 0. The maximum Gasteiger partial charge on any atom is 0.227 e. The van der Waals surface area contributed by atoms with Crippen LogP contribution in [0, 0.1) is 0 Å². The van der Waals surface area contributed by atoms with Gasteiger partial charge in [0.15, 0.2) is 0 Å². The zero-order chi connectivity index (χ0) is 22.6. The third-order valence-electron chi connectivity index (χ3n) is 6.66. The molecule has 1 amide bonds. The largest absolute Gasteiger partial charge is 0.497 e. The average Bonchev–Trinajstić information content (AvgIpc) is 3.27. The summed E-state index contributed by atoms with van der Waals surface area (Å²) in [5.74, 6) is 1.48. The van der Waals surface area contributed by atoms with Gasteiger partial charge in [-0.2, -0.15) is 0 Å². The van der Waals surface area contributed by atoms with Crippen LogP contribution < -0.4 is 4.74 Å². The summed E-state index contributed by atoms with van der Waals surface area (Å²) in [6.45, 7) is 1.58. The predicted octanol–water partition coefficient (Wildman–Crippen LogP) is 5.11. The Labute approximate surface area is 194 Å². The molecule has 0 aliphatic carbocycles. The first-order valence-electron chi connectivity index (χ1n) is 11.6. The van der Waals surface area contributed by atoms with Crippen molar-refractivity contribution >= 4 is 16.8 Å². The maximum atomic E-state index is 12.9. The van der Waals surface area contributed by atoms with Crippen molar-refractivity contribution in [3.05, 3.63) is 95.4 Å². The second-order valence-electron chi connectivity index (χ2n) is 8.77. The Morgan fingerprint density at radius 3 is 2.61 bits per heavy atom. The standard InChI is InChI=1S/C28H29N3O2/c1-33-24-11-9-20(10-12-24)17-23-5-4-8-26(30-23)21-13-15-31(16-14-21)28(32)18-22-19-29-27-7-3-2-6-25(22)27/h2-12,19,21,29H,13-18H2,1H3. The summed E-state index contributed by atoms with van der Waals surface area (Å²) in [4.78, 5) is 23.2. The number of nitrogens with zero attached hydrogens (tertiary/aromatic N) is 2. The highest BCUT2D eigenvalue weighted by atomic mass is 16.5. The number of hydrogen-bond acceptors (Lipinski definition) is 3. The van der Waals surface area contributed by atoms with Crippen LogP contribution in [0.2, 0.25) is 0 Å². The van der Waals surface area contributed by atoms with Gasteiger partial charge in [-0.1, -0.05) is 36.4 Å². The zero-order valence-corrected chi connectivity index (χ0v) is 19.0. The fraction of sp³-hybridized carbons (Fsp3) is 0.286. The molecule has 2 aromatic carbocycles. The molecule has 2 aromatic heterocycles. The molecule has 5 rings (SSSR count). The lowest BCUT2D eigenvalue weighted by Crippen LogP contribution is -2.38. The number of fused-ring (bicyclic) bond motifs is 1. The number of para-hydroxylation sites is 1. The van der Waals surface area contributed by atoms with Gasteiger partial charge in [0.2, 0.25) is 5.91 Å². The molecule has 0 bridgehead atoms. The second-order valence-corrected chi connectivity index (χ2v) is 8.77. The van der Waals surface area contributed by atoms with Crippen LogP contribution in [0.5, 0.6) is 5.75 Å². The highest BCUT2D eigenvalue weighted by Crippen LogP contribution is 2.28. The van der Waals surface area contributed by atoms with Crippen LogP contribution in [0.1, 0.15) is 41.3 Å². The minimum absolute atomic E-state index is 0.208. The van der Waals surface area contributed by atoms with Gasteiger partial charge in [0.1, 0.15) is 5.75 Å². The third kappa shape index (κ3) is 4.77. The SMILES string of the molecule is COc1ccc(Cc2cccc(C3CCN(C(=O)Cc4c[nH]c5ccccc45)CC3)n2)cc1. The molecule has 0 radical (unpaired) electrons. The van der Waals surface area contributed by atoms with Crippen molar-refractivity contribution in [1.82, 2.24) is 14.9 Å². The van der Waals surface area contributed by atoms with Crippen molar-refractivity contribution in [2.24, 2.45) is 0 Å². The average molecular weight is 440 g/mol. The van der Waals surface area contributed by atoms with Crippen LogP contribution >= 0.6 is 0 Å². The first-order valence-corrected chi connectivity index (χ1v) is 11.6. The fourth-order valence-corrected chi connectivity index (χ4v) is 4.75. The van der Waals surface area contributed by atoms with E-state index in [0.717, 1.165) is 66.0 Å². The van der Waals surface area contributed by atoms with Gasteiger partial charge >= 0.3 is 0 Å². The molecule has 1 aliphatic rings. The highest BCUT2D eigenvalue weighted by molar-refractivity contribution is 5.88. The Bertz CT molecular complexity index is 1240. The van der Waals surface area contributed by atoms with Gasteiger partial charge in [-0.15, -0.1) is 0 Å². The van der Waals surface area contributed by atoms with Gasteiger partial charge in [-0.25, -0.2) is 0 Å². The van der Waals surface area contributed by atoms with Crippen LogP contribution in [0.25, 0.3) is 10.9 Å². The normalized spacial score (nSPS) is 14.5. The molecule has 33 heavy (non-hydrogen) atoms. The van der Waals surface area contributed by atoms with E-state index in [0.29, 0.717) is 12.3 Å². The van der Waals surface area contributed by atoms with Crippen LogP contribution in [0.15, 0.2) is 72.9 Å². The van der Waals surface area contributed by atoms with Crippen molar-refractivity contribution in [2.75, 3.05) is 20.2 Å². The molecular formula is C28H29N3O2.